The topological polar surface area (TPSA) is 64.3 Å². The van der Waals surface area contributed by atoms with E-state index in [4.69, 9.17) is 10.5 Å². The highest BCUT2D eigenvalue weighted by atomic mass is 16.5. The molecule has 0 bridgehead atoms. The summed E-state index contributed by atoms with van der Waals surface area (Å²) in [5.41, 5.74) is 7.54. The maximum absolute atomic E-state index is 12.1. The average Bonchev–Trinajstić information content (AvgIpc) is 2.38. The normalized spacial score (nSPS) is 10.3. The van der Waals surface area contributed by atoms with Gasteiger partial charge in [0, 0.05) is 16.9 Å². The molecule has 0 fully saturated rings. The predicted molar refractivity (Wildman–Crippen MR) is 81.0 cm³/mol. The van der Waals surface area contributed by atoms with Crippen LogP contribution < -0.4 is 15.8 Å². The summed E-state index contributed by atoms with van der Waals surface area (Å²) in [6, 6.07) is 14.1. The lowest BCUT2D eigenvalue weighted by molar-refractivity contribution is 0.102. The van der Waals surface area contributed by atoms with Crippen LogP contribution in [0.4, 0.5) is 11.4 Å². The summed E-state index contributed by atoms with van der Waals surface area (Å²) in [6.07, 6.45) is 0.113. The van der Waals surface area contributed by atoms with Crippen LogP contribution in [0.2, 0.25) is 0 Å². The summed E-state index contributed by atoms with van der Waals surface area (Å²) in [5.74, 6) is 0.576. The lowest BCUT2D eigenvalue weighted by atomic mass is 10.2. The number of carbonyl (C=O) groups excluding carboxylic acids is 1. The molecule has 2 aromatic carbocycles. The van der Waals surface area contributed by atoms with Crippen LogP contribution in [0.25, 0.3) is 0 Å². The SMILES string of the molecule is CC(C)Oc1ccc(C(=O)Nc2cccc(N)c2)cc1. The molecule has 20 heavy (non-hydrogen) atoms. The van der Waals surface area contributed by atoms with E-state index < -0.39 is 0 Å². The summed E-state index contributed by atoms with van der Waals surface area (Å²) in [4.78, 5) is 12.1. The van der Waals surface area contributed by atoms with Crippen LogP contribution in [-0.4, -0.2) is 12.0 Å². The van der Waals surface area contributed by atoms with E-state index in [9.17, 15) is 4.79 Å². The number of anilines is 2. The third-order valence-corrected chi connectivity index (χ3v) is 2.63. The standard InChI is InChI=1S/C16H18N2O2/c1-11(2)20-15-8-6-12(7-9-15)16(19)18-14-5-3-4-13(17)10-14/h3-11H,17H2,1-2H3,(H,18,19). The molecule has 1 amide bonds. The van der Waals surface area contributed by atoms with Gasteiger partial charge in [-0.2, -0.15) is 0 Å². The van der Waals surface area contributed by atoms with Gasteiger partial charge in [0.2, 0.25) is 0 Å². The minimum absolute atomic E-state index is 0.113. The van der Waals surface area contributed by atoms with Crippen LogP contribution in [0.15, 0.2) is 48.5 Å². The average molecular weight is 270 g/mol. The maximum atomic E-state index is 12.1. The number of benzene rings is 2. The molecule has 0 spiro atoms. The first kappa shape index (κ1) is 13.9. The molecular weight excluding hydrogens is 252 g/mol. The van der Waals surface area contributed by atoms with Crippen molar-refractivity contribution < 1.29 is 9.53 Å². The monoisotopic (exact) mass is 270 g/mol. The van der Waals surface area contributed by atoms with E-state index in [-0.39, 0.29) is 12.0 Å². The van der Waals surface area contributed by atoms with Gasteiger partial charge in [0.15, 0.2) is 0 Å². The molecule has 0 unspecified atom stereocenters. The number of nitrogens with one attached hydrogen (secondary N) is 1. The Bertz CT molecular complexity index is 592. The van der Waals surface area contributed by atoms with Crippen molar-refractivity contribution in [2.24, 2.45) is 0 Å². The van der Waals surface area contributed by atoms with E-state index in [1.165, 1.54) is 0 Å². The molecule has 0 aliphatic rings. The van der Waals surface area contributed by atoms with E-state index in [0.29, 0.717) is 16.9 Å². The Kier molecular flexibility index (Phi) is 4.25. The zero-order valence-corrected chi connectivity index (χ0v) is 11.6. The van der Waals surface area contributed by atoms with Crippen molar-refractivity contribution in [1.29, 1.82) is 0 Å². The summed E-state index contributed by atoms with van der Waals surface area (Å²) in [6.45, 7) is 3.92. The van der Waals surface area contributed by atoms with Crippen molar-refractivity contribution in [2.45, 2.75) is 20.0 Å². The highest BCUT2D eigenvalue weighted by Crippen LogP contribution is 2.16. The number of amides is 1. The van der Waals surface area contributed by atoms with E-state index in [1.807, 2.05) is 13.8 Å². The minimum Gasteiger partial charge on any atom is -0.491 e. The molecule has 3 N–H and O–H groups in total. The molecule has 0 saturated carbocycles. The molecule has 0 aliphatic carbocycles. The zero-order valence-electron chi connectivity index (χ0n) is 11.6. The first-order valence-corrected chi connectivity index (χ1v) is 6.48. The lowest BCUT2D eigenvalue weighted by Gasteiger charge is -2.10. The van der Waals surface area contributed by atoms with Gasteiger partial charge in [-0.15, -0.1) is 0 Å². The summed E-state index contributed by atoms with van der Waals surface area (Å²) < 4.78 is 5.53. The number of carbonyl (C=O) groups is 1. The van der Waals surface area contributed by atoms with Gasteiger partial charge < -0.3 is 15.8 Å². The second-order valence-electron chi connectivity index (χ2n) is 4.77. The molecule has 0 saturated heterocycles. The number of ether oxygens (including phenoxy) is 1. The first-order valence-electron chi connectivity index (χ1n) is 6.48. The van der Waals surface area contributed by atoms with Gasteiger partial charge >= 0.3 is 0 Å². The van der Waals surface area contributed by atoms with E-state index in [2.05, 4.69) is 5.32 Å². The first-order chi connectivity index (χ1) is 9.54. The van der Waals surface area contributed by atoms with Crippen LogP contribution in [0.1, 0.15) is 24.2 Å². The predicted octanol–water partition coefficient (Wildman–Crippen LogP) is 3.31. The van der Waals surface area contributed by atoms with Gasteiger partial charge in [-0.05, 0) is 56.3 Å². The largest absolute Gasteiger partial charge is 0.491 e. The van der Waals surface area contributed by atoms with E-state index in [1.54, 1.807) is 48.5 Å². The molecule has 0 heterocycles. The molecule has 4 nitrogen and oxygen atoms in total. The van der Waals surface area contributed by atoms with Crippen molar-refractivity contribution in [1.82, 2.24) is 0 Å². The molecule has 0 radical (unpaired) electrons. The van der Waals surface area contributed by atoms with Crippen LogP contribution >= 0.6 is 0 Å². The molecule has 4 heteroatoms. The van der Waals surface area contributed by atoms with Crippen molar-refractivity contribution in [3.8, 4) is 5.75 Å². The van der Waals surface area contributed by atoms with Gasteiger partial charge in [0.1, 0.15) is 5.75 Å². The van der Waals surface area contributed by atoms with Gasteiger partial charge in [-0.25, -0.2) is 0 Å². The van der Waals surface area contributed by atoms with Crippen LogP contribution in [0.3, 0.4) is 0 Å². The van der Waals surface area contributed by atoms with E-state index >= 15 is 0 Å². The summed E-state index contributed by atoms with van der Waals surface area (Å²) in [7, 11) is 0. The van der Waals surface area contributed by atoms with Gasteiger partial charge in [-0.3, -0.25) is 4.79 Å². The second kappa shape index (κ2) is 6.10. The van der Waals surface area contributed by atoms with Gasteiger partial charge in [-0.1, -0.05) is 6.07 Å². The molecule has 0 aliphatic heterocycles. The highest BCUT2D eigenvalue weighted by molar-refractivity contribution is 6.04. The Hall–Kier alpha value is -2.49. The van der Waals surface area contributed by atoms with Crippen molar-refractivity contribution in [3.63, 3.8) is 0 Å². The van der Waals surface area contributed by atoms with Crippen molar-refractivity contribution in [2.75, 3.05) is 11.1 Å². The van der Waals surface area contributed by atoms with Crippen LogP contribution in [-0.2, 0) is 0 Å². The quantitative estimate of drug-likeness (QED) is 0.838. The number of nitrogen functional groups attached to an aromatic ring is 1. The Balaban J connectivity index is 2.06. The second-order valence-corrected chi connectivity index (χ2v) is 4.77. The highest BCUT2D eigenvalue weighted by Gasteiger charge is 2.06. The van der Waals surface area contributed by atoms with Crippen LogP contribution in [0.5, 0.6) is 5.75 Å². The smallest absolute Gasteiger partial charge is 0.255 e. The molecule has 2 rings (SSSR count). The van der Waals surface area contributed by atoms with Crippen molar-refractivity contribution >= 4 is 17.3 Å². The fraction of sp³-hybridized carbons (Fsp3) is 0.188. The summed E-state index contributed by atoms with van der Waals surface area (Å²) >= 11 is 0. The Morgan fingerprint density at radius 2 is 1.85 bits per heavy atom. The molecule has 0 atom stereocenters. The summed E-state index contributed by atoms with van der Waals surface area (Å²) in [5, 5.41) is 2.80. The minimum atomic E-state index is -0.174. The molecule has 0 aromatic heterocycles. The lowest BCUT2D eigenvalue weighted by Crippen LogP contribution is -2.12. The molecule has 104 valence electrons. The Morgan fingerprint density at radius 3 is 2.45 bits per heavy atom. The number of hydrogen-bond donors (Lipinski definition) is 2. The van der Waals surface area contributed by atoms with Crippen molar-refractivity contribution in [3.05, 3.63) is 54.1 Å². The third kappa shape index (κ3) is 3.75. The zero-order chi connectivity index (χ0) is 14.5. The molecular formula is C16H18N2O2. The molecule has 2 aromatic rings. The Morgan fingerprint density at radius 1 is 1.15 bits per heavy atom. The Labute approximate surface area is 118 Å². The van der Waals surface area contributed by atoms with Crippen LogP contribution in [0, 0.1) is 0 Å². The van der Waals surface area contributed by atoms with E-state index in [0.717, 1.165) is 5.75 Å². The fourth-order valence-electron chi connectivity index (χ4n) is 1.78. The third-order valence-electron chi connectivity index (χ3n) is 2.63. The maximum Gasteiger partial charge on any atom is 0.255 e. The van der Waals surface area contributed by atoms with Gasteiger partial charge in [0.25, 0.3) is 5.91 Å². The number of nitrogens with two attached hydrogens (primary N) is 1. The van der Waals surface area contributed by atoms with Gasteiger partial charge in [0.05, 0.1) is 6.10 Å². The fourth-order valence-corrected chi connectivity index (χ4v) is 1.78. The number of rotatable bonds is 4. The number of hydrogen-bond acceptors (Lipinski definition) is 3.